The molecule has 1 amide bonds. The molecule has 0 radical (unpaired) electrons. The average Bonchev–Trinajstić information content (AvgIpc) is 3.24. The zero-order chi connectivity index (χ0) is 23.5. The molecule has 3 aromatic rings. The molecule has 12 heteroatoms. The lowest BCUT2D eigenvalue weighted by Gasteiger charge is -2.17. The van der Waals surface area contributed by atoms with Gasteiger partial charge in [-0.15, -0.1) is 10.2 Å². The summed E-state index contributed by atoms with van der Waals surface area (Å²) in [5.41, 5.74) is 1.01. The maximum Gasteiger partial charge on any atom is 0.251 e. The van der Waals surface area contributed by atoms with Gasteiger partial charge in [0, 0.05) is 30.4 Å². The van der Waals surface area contributed by atoms with E-state index in [1.54, 1.807) is 30.3 Å². The van der Waals surface area contributed by atoms with E-state index in [0.29, 0.717) is 28.5 Å². The minimum Gasteiger partial charge on any atom is -0.495 e. The molecular formula is C20H23ClN6O4S. The number of carbonyl (C=O) groups is 1. The van der Waals surface area contributed by atoms with Gasteiger partial charge in [0.15, 0.2) is 6.04 Å². The zero-order valence-corrected chi connectivity index (χ0v) is 19.6. The van der Waals surface area contributed by atoms with E-state index in [1.165, 1.54) is 38.1 Å². The predicted molar refractivity (Wildman–Crippen MR) is 120 cm³/mol. The summed E-state index contributed by atoms with van der Waals surface area (Å²) < 4.78 is 31.5. The van der Waals surface area contributed by atoms with Crippen LogP contribution in [0.5, 0.6) is 5.75 Å². The summed E-state index contributed by atoms with van der Waals surface area (Å²) in [6.07, 6.45) is 0.390. The maximum absolute atomic E-state index is 12.9. The van der Waals surface area contributed by atoms with Crippen molar-refractivity contribution in [3.8, 4) is 17.1 Å². The van der Waals surface area contributed by atoms with Gasteiger partial charge < -0.3 is 10.1 Å². The van der Waals surface area contributed by atoms with Crippen molar-refractivity contribution in [2.45, 2.75) is 24.3 Å². The Morgan fingerprint density at radius 3 is 2.50 bits per heavy atom. The van der Waals surface area contributed by atoms with Gasteiger partial charge in [0.2, 0.25) is 15.8 Å². The molecular weight excluding hydrogens is 456 g/mol. The van der Waals surface area contributed by atoms with E-state index in [2.05, 4.69) is 20.7 Å². The number of sulfonamides is 1. The molecule has 0 aliphatic rings. The van der Waals surface area contributed by atoms with Crippen molar-refractivity contribution < 1.29 is 17.9 Å². The van der Waals surface area contributed by atoms with Crippen LogP contribution in [0.1, 0.15) is 19.4 Å². The number of hydrogen-bond acceptors (Lipinski definition) is 7. The average molecular weight is 479 g/mol. The SMILES string of the molecule is CCC(C(=O)Nc1ccc(OC)c(S(=O)(=O)N(C)C)c1)n1nnc(-c2ccc(Cl)cc2)n1. The highest BCUT2D eigenvalue weighted by molar-refractivity contribution is 7.89. The Balaban J connectivity index is 1.85. The summed E-state index contributed by atoms with van der Waals surface area (Å²) >= 11 is 5.91. The Kier molecular flexibility index (Phi) is 7.12. The second-order valence-electron chi connectivity index (χ2n) is 7.01. The van der Waals surface area contributed by atoms with Crippen molar-refractivity contribution in [3.63, 3.8) is 0 Å². The van der Waals surface area contributed by atoms with Crippen molar-refractivity contribution in [1.29, 1.82) is 0 Å². The number of nitrogens with one attached hydrogen (secondary N) is 1. The highest BCUT2D eigenvalue weighted by Crippen LogP contribution is 2.29. The molecule has 2 aromatic carbocycles. The molecule has 1 N–H and O–H groups in total. The first-order chi connectivity index (χ1) is 15.2. The minimum atomic E-state index is -3.78. The third kappa shape index (κ3) is 4.90. The second kappa shape index (κ2) is 9.63. The van der Waals surface area contributed by atoms with Gasteiger partial charge in [-0.25, -0.2) is 12.7 Å². The van der Waals surface area contributed by atoms with Gasteiger partial charge in [0.25, 0.3) is 5.91 Å². The lowest BCUT2D eigenvalue weighted by molar-refractivity contribution is -0.120. The van der Waals surface area contributed by atoms with E-state index in [9.17, 15) is 13.2 Å². The molecule has 0 spiro atoms. The van der Waals surface area contributed by atoms with Gasteiger partial charge in [-0.1, -0.05) is 18.5 Å². The van der Waals surface area contributed by atoms with Crippen LogP contribution in [0.3, 0.4) is 0 Å². The lowest BCUT2D eigenvalue weighted by Crippen LogP contribution is -2.27. The van der Waals surface area contributed by atoms with Crippen LogP contribution >= 0.6 is 11.6 Å². The van der Waals surface area contributed by atoms with Crippen LogP contribution in [-0.4, -0.2) is 60.0 Å². The molecule has 1 atom stereocenters. The fourth-order valence-electron chi connectivity index (χ4n) is 2.90. The molecule has 1 heterocycles. The molecule has 32 heavy (non-hydrogen) atoms. The van der Waals surface area contributed by atoms with Gasteiger partial charge in [-0.05, 0) is 54.1 Å². The molecule has 0 fully saturated rings. The normalized spacial score (nSPS) is 12.6. The first-order valence-corrected chi connectivity index (χ1v) is 11.5. The number of nitrogens with zero attached hydrogens (tertiary/aromatic N) is 5. The molecule has 1 aromatic heterocycles. The lowest BCUT2D eigenvalue weighted by atomic mass is 10.2. The Hall–Kier alpha value is -3.02. The highest BCUT2D eigenvalue weighted by Gasteiger charge is 2.25. The van der Waals surface area contributed by atoms with Gasteiger partial charge in [-0.2, -0.15) is 4.80 Å². The van der Waals surface area contributed by atoms with Crippen LogP contribution in [0, 0.1) is 0 Å². The number of amides is 1. The van der Waals surface area contributed by atoms with Crippen LogP contribution in [0.4, 0.5) is 5.69 Å². The number of ether oxygens (including phenoxy) is 1. The Morgan fingerprint density at radius 1 is 1.22 bits per heavy atom. The van der Waals surface area contributed by atoms with E-state index in [4.69, 9.17) is 16.3 Å². The molecule has 1 unspecified atom stereocenters. The fraction of sp³-hybridized carbons (Fsp3) is 0.300. The third-order valence-electron chi connectivity index (χ3n) is 4.69. The first kappa shape index (κ1) is 23.6. The molecule has 0 aliphatic carbocycles. The fourth-order valence-corrected chi connectivity index (χ4v) is 4.10. The zero-order valence-electron chi connectivity index (χ0n) is 18.0. The van der Waals surface area contributed by atoms with Crippen LogP contribution in [0.2, 0.25) is 5.02 Å². The summed E-state index contributed by atoms with van der Waals surface area (Å²) in [5, 5.41) is 15.7. The molecule has 0 saturated carbocycles. The standard InChI is InChI=1S/C20H23ClN6O4S/c1-5-16(27-24-19(23-25-27)13-6-8-14(21)9-7-13)20(28)22-15-10-11-17(31-4)18(12-15)32(29,30)26(2)3/h6-12,16H,5H2,1-4H3,(H,22,28). The maximum atomic E-state index is 12.9. The van der Waals surface area contributed by atoms with Crippen LogP contribution in [-0.2, 0) is 14.8 Å². The number of halogens is 1. The van der Waals surface area contributed by atoms with Crippen LogP contribution in [0.15, 0.2) is 47.4 Å². The summed E-state index contributed by atoms with van der Waals surface area (Å²) in [6.45, 7) is 1.81. The Bertz CT molecular complexity index is 1210. The number of benzene rings is 2. The summed E-state index contributed by atoms with van der Waals surface area (Å²) in [7, 11) is 0.437. The highest BCUT2D eigenvalue weighted by atomic mass is 35.5. The van der Waals surface area contributed by atoms with Crippen molar-refractivity contribution in [3.05, 3.63) is 47.5 Å². The first-order valence-electron chi connectivity index (χ1n) is 9.64. The largest absolute Gasteiger partial charge is 0.495 e. The molecule has 0 saturated heterocycles. The summed E-state index contributed by atoms with van der Waals surface area (Å²) in [4.78, 5) is 14.1. The van der Waals surface area contributed by atoms with E-state index in [-0.39, 0.29) is 10.6 Å². The van der Waals surface area contributed by atoms with Gasteiger partial charge in [-0.3, -0.25) is 4.79 Å². The molecule has 0 bridgehead atoms. The number of hydrogen-bond donors (Lipinski definition) is 1. The summed E-state index contributed by atoms with van der Waals surface area (Å²) in [5.74, 6) is 0.122. The van der Waals surface area contributed by atoms with Crippen molar-refractivity contribution in [2.75, 3.05) is 26.5 Å². The topological polar surface area (TPSA) is 119 Å². The van der Waals surface area contributed by atoms with E-state index < -0.39 is 22.0 Å². The Labute approximate surface area is 191 Å². The number of methoxy groups -OCH3 is 1. The number of anilines is 1. The minimum absolute atomic E-state index is 0.0558. The second-order valence-corrected chi connectivity index (χ2v) is 9.56. The number of rotatable bonds is 8. The van der Waals surface area contributed by atoms with Crippen LogP contribution in [0.25, 0.3) is 11.4 Å². The molecule has 10 nitrogen and oxygen atoms in total. The molecule has 3 rings (SSSR count). The van der Waals surface area contributed by atoms with E-state index >= 15 is 0 Å². The van der Waals surface area contributed by atoms with Gasteiger partial charge >= 0.3 is 0 Å². The monoisotopic (exact) mass is 478 g/mol. The third-order valence-corrected chi connectivity index (χ3v) is 6.78. The quantitative estimate of drug-likeness (QED) is 0.528. The molecule has 0 aliphatic heterocycles. The Morgan fingerprint density at radius 2 is 1.91 bits per heavy atom. The van der Waals surface area contributed by atoms with Crippen molar-refractivity contribution in [1.82, 2.24) is 24.5 Å². The summed E-state index contributed by atoms with van der Waals surface area (Å²) in [6, 6.07) is 10.6. The van der Waals surface area contributed by atoms with Gasteiger partial charge in [0.05, 0.1) is 7.11 Å². The van der Waals surface area contributed by atoms with Gasteiger partial charge in [0.1, 0.15) is 10.6 Å². The smallest absolute Gasteiger partial charge is 0.251 e. The number of aromatic nitrogens is 4. The van der Waals surface area contributed by atoms with E-state index in [1.807, 2.05) is 6.92 Å². The van der Waals surface area contributed by atoms with Crippen LogP contribution < -0.4 is 10.1 Å². The van der Waals surface area contributed by atoms with Crippen molar-refractivity contribution >= 4 is 33.2 Å². The number of carbonyl (C=O) groups excluding carboxylic acids is 1. The number of tetrazole rings is 1. The van der Waals surface area contributed by atoms with Crippen molar-refractivity contribution in [2.24, 2.45) is 0 Å². The predicted octanol–water partition coefficient (Wildman–Crippen LogP) is 2.84. The molecule has 170 valence electrons. The van der Waals surface area contributed by atoms with E-state index in [0.717, 1.165) is 4.31 Å².